The van der Waals surface area contributed by atoms with Crippen LogP contribution >= 0.6 is 0 Å². The molecule has 4 aliphatic heterocycles. The van der Waals surface area contributed by atoms with E-state index in [2.05, 4.69) is 66.0 Å². The summed E-state index contributed by atoms with van der Waals surface area (Å²) in [5.41, 5.74) is 8.83. The highest BCUT2D eigenvalue weighted by Crippen LogP contribution is 2.68. The zero-order chi connectivity index (χ0) is 41.7. The fraction of sp³-hybridized carbons (Fsp3) is 0.852. The minimum atomic E-state index is -0.0339. The third-order valence-corrected chi connectivity index (χ3v) is 22.0. The van der Waals surface area contributed by atoms with E-state index in [4.69, 9.17) is 9.47 Å². The molecule has 4 heterocycles. The number of Topliss-reactive ketones (excluding diaryl/α,β-unsaturated/α-hetero) is 1. The van der Waals surface area contributed by atoms with Gasteiger partial charge in [-0.2, -0.15) is 0 Å². The lowest BCUT2D eigenvalue weighted by molar-refractivity contribution is -0.129. The number of ether oxygens (including phenoxy) is 2. The van der Waals surface area contributed by atoms with Gasteiger partial charge in [-0.15, -0.1) is 0 Å². The van der Waals surface area contributed by atoms with Crippen LogP contribution in [0.25, 0.3) is 0 Å². The smallest absolute Gasteiger partial charge is 0.155 e. The summed E-state index contributed by atoms with van der Waals surface area (Å²) in [6.07, 6.45) is 22.6. The zero-order valence-electron chi connectivity index (χ0n) is 38.8. The number of hydrogen-bond acceptors (Lipinski definition) is 6. The zero-order valence-corrected chi connectivity index (χ0v) is 38.8. The van der Waals surface area contributed by atoms with E-state index in [1.165, 1.54) is 76.2 Å². The quantitative estimate of drug-likeness (QED) is 0.237. The van der Waals surface area contributed by atoms with E-state index in [9.17, 15) is 9.59 Å². The van der Waals surface area contributed by atoms with Crippen LogP contribution in [0.5, 0.6) is 0 Å². The molecule has 2 spiro atoms. The molecule has 330 valence electrons. The fourth-order valence-corrected chi connectivity index (χ4v) is 18.5. The average molecular weight is 821 g/mol. The van der Waals surface area contributed by atoms with Crippen LogP contribution in [0.3, 0.4) is 0 Å². The minimum absolute atomic E-state index is 0.0193. The molecule has 2 N–H and O–H groups in total. The van der Waals surface area contributed by atoms with Crippen molar-refractivity contribution in [3.8, 4) is 0 Å². The number of rotatable bonds is 0. The predicted octanol–water partition coefficient (Wildman–Crippen LogP) is 10.5. The summed E-state index contributed by atoms with van der Waals surface area (Å²) >= 11 is 0. The molecule has 0 amide bonds. The molecule has 60 heavy (non-hydrogen) atoms. The first-order valence-electron chi connectivity index (χ1n) is 25.6. The molecule has 12 aliphatic rings. The van der Waals surface area contributed by atoms with Crippen molar-refractivity contribution in [2.45, 2.75) is 200 Å². The second-order valence-corrected chi connectivity index (χ2v) is 24.4. The van der Waals surface area contributed by atoms with Crippen molar-refractivity contribution in [1.29, 1.82) is 0 Å². The predicted molar refractivity (Wildman–Crippen MR) is 238 cm³/mol. The fourth-order valence-electron chi connectivity index (χ4n) is 18.5. The standard InChI is InChI=1S/C27H41NO2.C27H39NO2/c2*1-15-11-24-25(28-14-15)17(3)27(30-24)10-8-20-21-6-5-18-12-19(29)7-9-26(18,4)23(21)13-22(20)16(27)2/h15,17-18,20-21,23-25,28H,5-14H2,1-4H3;12,15,17,20-21,23-25,28H,5-11,13-14H2,1-4H3/t15-,17+,18+,20-,21-,23-,24+,25-,26-,27-;15-,17+,20-,21-,23-,24+,25-,26-,27-/m00/s1. The van der Waals surface area contributed by atoms with Crippen LogP contribution < -0.4 is 10.6 Å². The van der Waals surface area contributed by atoms with Crippen molar-refractivity contribution in [2.75, 3.05) is 13.1 Å². The number of nitrogens with one attached hydrogen (secondary N) is 2. The Labute approximate surface area is 363 Å². The van der Waals surface area contributed by atoms with Gasteiger partial charge >= 0.3 is 0 Å². The summed E-state index contributed by atoms with van der Waals surface area (Å²) < 4.78 is 14.1. The van der Waals surface area contributed by atoms with Crippen molar-refractivity contribution in [2.24, 2.45) is 75.9 Å². The van der Waals surface area contributed by atoms with E-state index < -0.39 is 0 Å². The Morgan fingerprint density at radius 3 is 1.80 bits per heavy atom. The van der Waals surface area contributed by atoms with Crippen LogP contribution in [-0.2, 0) is 19.1 Å². The van der Waals surface area contributed by atoms with Crippen molar-refractivity contribution in [1.82, 2.24) is 10.6 Å². The Hall–Kier alpha value is -1.60. The number of fused-ring (bicyclic) bond motifs is 12. The molecule has 0 aromatic rings. The molecular weight excluding hydrogens is 741 g/mol. The Kier molecular flexibility index (Phi) is 9.91. The van der Waals surface area contributed by atoms with Gasteiger partial charge in [0.15, 0.2) is 5.78 Å². The van der Waals surface area contributed by atoms with Gasteiger partial charge in [-0.1, -0.05) is 58.3 Å². The number of carbonyl (C=O) groups excluding carboxylic acids is 2. The first-order valence-corrected chi connectivity index (χ1v) is 25.6. The van der Waals surface area contributed by atoms with Gasteiger partial charge < -0.3 is 20.1 Å². The third-order valence-electron chi connectivity index (χ3n) is 22.0. The van der Waals surface area contributed by atoms with Crippen LogP contribution in [0.1, 0.15) is 165 Å². The van der Waals surface area contributed by atoms with Crippen molar-refractivity contribution in [3.05, 3.63) is 33.9 Å². The number of hydrogen-bond donors (Lipinski definition) is 2. The van der Waals surface area contributed by atoms with Crippen LogP contribution in [0.2, 0.25) is 0 Å². The highest BCUT2D eigenvalue weighted by Gasteiger charge is 2.63. The van der Waals surface area contributed by atoms with Gasteiger partial charge in [-0.25, -0.2) is 0 Å². The van der Waals surface area contributed by atoms with E-state index in [0.29, 0.717) is 64.9 Å². The summed E-state index contributed by atoms with van der Waals surface area (Å²) in [6, 6.07) is 1.05. The number of ketones is 2. The molecule has 0 aromatic carbocycles. The molecule has 0 unspecified atom stereocenters. The summed E-state index contributed by atoms with van der Waals surface area (Å²) in [7, 11) is 0. The van der Waals surface area contributed by atoms with Gasteiger partial charge in [0.2, 0.25) is 0 Å². The monoisotopic (exact) mass is 821 g/mol. The second-order valence-electron chi connectivity index (χ2n) is 24.4. The van der Waals surface area contributed by atoms with Gasteiger partial charge in [0.05, 0.1) is 23.4 Å². The van der Waals surface area contributed by atoms with Gasteiger partial charge in [-0.3, -0.25) is 9.59 Å². The highest BCUT2D eigenvalue weighted by atomic mass is 16.5. The number of piperidine rings is 2. The topological polar surface area (TPSA) is 76.7 Å². The first-order chi connectivity index (χ1) is 28.7. The summed E-state index contributed by atoms with van der Waals surface area (Å²) in [6.45, 7) is 21.8. The lowest BCUT2D eigenvalue weighted by atomic mass is 9.52. The van der Waals surface area contributed by atoms with E-state index >= 15 is 0 Å². The largest absolute Gasteiger partial charge is 0.365 e. The Morgan fingerprint density at radius 1 is 0.633 bits per heavy atom. The molecule has 8 aliphatic carbocycles. The second kappa shape index (κ2) is 14.5. The Morgan fingerprint density at radius 2 is 1.20 bits per heavy atom. The third kappa shape index (κ3) is 5.82. The summed E-state index contributed by atoms with van der Waals surface area (Å²) in [5, 5.41) is 7.69. The minimum Gasteiger partial charge on any atom is -0.365 e. The van der Waals surface area contributed by atoms with Crippen LogP contribution in [-0.4, -0.2) is 60.1 Å². The highest BCUT2D eigenvalue weighted by molar-refractivity contribution is 5.91. The SMILES string of the molecule is CC1=C2C[C@H]3[C@@H](CCC4=CC(=O)CC[C@@]43C)[C@@H]2CC[C@]12O[C@@H]1C[C@H](C)CN[C@H]1[C@H]2C.CC1=C2C[C@H]3[C@@H](CC[C@@H]4CC(=O)CC[C@@]43C)[C@@H]2CC[C@]12O[C@@H]1C[C@H](C)CN[C@H]1[C@H]2C. The maximum absolute atomic E-state index is 12.2. The Balaban J connectivity index is 0.000000136. The van der Waals surface area contributed by atoms with Crippen molar-refractivity contribution >= 4 is 11.6 Å². The van der Waals surface area contributed by atoms with Gasteiger partial charge in [0.25, 0.3) is 0 Å². The molecule has 19 atom stereocenters. The summed E-state index contributed by atoms with van der Waals surface area (Å²) in [5.74, 6) is 8.86. The number of carbonyl (C=O) groups is 2. The Bertz CT molecular complexity index is 1900. The molecule has 6 heteroatoms. The molecular formula is C54H80N2O4. The molecule has 6 nitrogen and oxygen atoms in total. The number of allylic oxidation sites excluding steroid dienone is 4. The molecule has 0 aromatic heterocycles. The van der Waals surface area contributed by atoms with E-state index in [-0.39, 0.29) is 16.6 Å². The van der Waals surface area contributed by atoms with Crippen molar-refractivity contribution < 1.29 is 19.1 Å². The molecule has 12 rings (SSSR count). The lowest BCUT2D eigenvalue weighted by Gasteiger charge is -2.52. The maximum Gasteiger partial charge on any atom is 0.155 e. The normalized spacial score (nSPS) is 53.9. The van der Waals surface area contributed by atoms with E-state index in [1.54, 1.807) is 22.3 Å². The van der Waals surface area contributed by atoms with Gasteiger partial charge in [0.1, 0.15) is 5.78 Å². The van der Waals surface area contributed by atoms with Gasteiger partial charge in [0, 0.05) is 43.2 Å². The average Bonchev–Trinajstić information content (AvgIpc) is 3.95. The molecule has 0 bridgehead atoms. The summed E-state index contributed by atoms with van der Waals surface area (Å²) in [4.78, 5) is 24.3. The van der Waals surface area contributed by atoms with Crippen molar-refractivity contribution in [3.63, 3.8) is 0 Å². The van der Waals surface area contributed by atoms with Gasteiger partial charge in [-0.05, 0) is 198 Å². The molecule has 0 radical (unpaired) electrons. The molecule has 5 saturated carbocycles. The molecule has 9 fully saturated rings. The van der Waals surface area contributed by atoms with E-state index in [1.807, 2.05) is 6.08 Å². The van der Waals surface area contributed by atoms with E-state index in [0.717, 1.165) is 93.0 Å². The lowest BCUT2D eigenvalue weighted by Crippen LogP contribution is -2.49. The maximum atomic E-state index is 12.2. The van der Waals surface area contributed by atoms with Crippen LogP contribution in [0.15, 0.2) is 33.9 Å². The van der Waals surface area contributed by atoms with Crippen LogP contribution in [0, 0.1) is 75.9 Å². The van der Waals surface area contributed by atoms with Crippen LogP contribution in [0.4, 0.5) is 0 Å². The molecule has 4 saturated heterocycles. The first kappa shape index (κ1) is 41.1.